The summed E-state index contributed by atoms with van der Waals surface area (Å²) in [4.78, 5) is 24.3. The Labute approximate surface area is 172 Å². The lowest BCUT2D eigenvalue weighted by Crippen LogP contribution is -2.25. The van der Waals surface area contributed by atoms with Gasteiger partial charge in [-0.05, 0) is 29.8 Å². The number of phenols is 1. The van der Waals surface area contributed by atoms with Crippen molar-refractivity contribution in [3.63, 3.8) is 0 Å². The molecule has 3 aromatic rings. The Kier molecular flexibility index (Phi) is 4.83. The van der Waals surface area contributed by atoms with E-state index < -0.39 is 11.9 Å². The van der Waals surface area contributed by atoms with Gasteiger partial charge in [0, 0.05) is 24.6 Å². The molecular formula is C22H20N2O6. The molecule has 0 aliphatic carbocycles. The first-order valence-electron chi connectivity index (χ1n) is 9.22. The second kappa shape index (κ2) is 7.47. The zero-order chi connectivity index (χ0) is 21.4. The molecule has 4 rings (SSSR count). The number of rotatable bonds is 5. The van der Waals surface area contributed by atoms with Crippen LogP contribution in [0.1, 0.15) is 34.0 Å². The number of benzene rings is 2. The standard InChI is InChI=1S/C22H20N2O6/c1-29-14-7-8-18(30-2)17(9-14)24-11-16(22(27)28)20-21(24)15(10-19(26)23-20)12-3-5-13(25)6-4-12/h3-9,11,15,25H,10H2,1-2H3,(H,23,26)(H,27,28). The number of ether oxygens (including phenoxy) is 2. The molecule has 8 heteroatoms. The van der Waals surface area contributed by atoms with Crippen molar-refractivity contribution in [1.82, 2.24) is 4.57 Å². The monoisotopic (exact) mass is 408 g/mol. The highest BCUT2D eigenvalue weighted by Gasteiger charge is 2.35. The van der Waals surface area contributed by atoms with Crippen LogP contribution in [0.5, 0.6) is 17.2 Å². The Morgan fingerprint density at radius 1 is 1.13 bits per heavy atom. The average molecular weight is 408 g/mol. The van der Waals surface area contributed by atoms with Gasteiger partial charge in [-0.25, -0.2) is 4.79 Å². The summed E-state index contributed by atoms with van der Waals surface area (Å²) in [5.74, 6) is -0.649. The van der Waals surface area contributed by atoms with Gasteiger partial charge in [0.1, 0.15) is 22.8 Å². The second-order valence-electron chi connectivity index (χ2n) is 6.91. The minimum absolute atomic E-state index is 0.0216. The van der Waals surface area contributed by atoms with Crippen LogP contribution in [0, 0.1) is 0 Å². The van der Waals surface area contributed by atoms with Gasteiger partial charge >= 0.3 is 5.97 Å². The molecule has 2 heterocycles. The Morgan fingerprint density at radius 2 is 1.87 bits per heavy atom. The molecule has 30 heavy (non-hydrogen) atoms. The molecule has 1 atom stereocenters. The maximum Gasteiger partial charge on any atom is 0.339 e. The van der Waals surface area contributed by atoms with E-state index in [0.29, 0.717) is 22.9 Å². The van der Waals surface area contributed by atoms with Crippen LogP contribution in [0.25, 0.3) is 5.69 Å². The first-order chi connectivity index (χ1) is 14.4. The Balaban J connectivity index is 2.00. The Morgan fingerprint density at radius 3 is 2.50 bits per heavy atom. The van der Waals surface area contributed by atoms with Crippen LogP contribution < -0.4 is 14.8 Å². The van der Waals surface area contributed by atoms with Crippen molar-refractivity contribution in [2.24, 2.45) is 0 Å². The molecule has 0 spiro atoms. The largest absolute Gasteiger partial charge is 0.508 e. The zero-order valence-corrected chi connectivity index (χ0v) is 16.4. The number of anilines is 1. The molecule has 1 aliphatic rings. The van der Waals surface area contributed by atoms with Gasteiger partial charge in [0.05, 0.1) is 31.3 Å². The SMILES string of the molecule is COc1ccc(OC)c(-n2cc(C(=O)O)c3c2C(c2ccc(O)cc2)CC(=O)N3)c1. The lowest BCUT2D eigenvalue weighted by molar-refractivity contribution is -0.116. The molecular weight excluding hydrogens is 388 g/mol. The van der Waals surface area contributed by atoms with Crippen molar-refractivity contribution in [3.05, 3.63) is 65.5 Å². The van der Waals surface area contributed by atoms with Crippen molar-refractivity contribution < 1.29 is 29.3 Å². The summed E-state index contributed by atoms with van der Waals surface area (Å²) >= 11 is 0. The predicted molar refractivity (Wildman–Crippen MR) is 109 cm³/mol. The number of carbonyl (C=O) groups is 2. The third-order valence-corrected chi connectivity index (χ3v) is 5.20. The highest BCUT2D eigenvalue weighted by molar-refractivity contribution is 6.04. The van der Waals surface area contributed by atoms with E-state index in [9.17, 15) is 19.8 Å². The van der Waals surface area contributed by atoms with Crippen LogP contribution in [0.4, 0.5) is 5.69 Å². The number of amides is 1. The average Bonchev–Trinajstić information content (AvgIpc) is 3.12. The molecule has 0 fully saturated rings. The van der Waals surface area contributed by atoms with Crippen molar-refractivity contribution in [2.75, 3.05) is 19.5 Å². The molecule has 0 radical (unpaired) electrons. The van der Waals surface area contributed by atoms with E-state index in [1.165, 1.54) is 13.3 Å². The number of methoxy groups -OCH3 is 2. The number of carboxylic acid groups (broad SMARTS) is 1. The van der Waals surface area contributed by atoms with E-state index in [1.807, 2.05) is 0 Å². The van der Waals surface area contributed by atoms with Gasteiger partial charge in [-0.1, -0.05) is 12.1 Å². The third-order valence-electron chi connectivity index (χ3n) is 5.20. The quantitative estimate of drug-likeness (QED) is 0.597. The number of hydrogen-bond donors (Lipinski definition) is 3. The molecule has 1 aromatic heterocycles. The number of aromatic carboxylic acids is 1. The minimum atomic E-state index is -1.15. The van der Waals surface area contributed by atoms with E-state index in [2.05, 4.69) is 5.32 Å². The number of aromatic nitrogens is 1. The van der Waals surface area contributed by atoms with Crippen molar-refractivity contribution in [1.29, 1.82) is 0 Å². The fourth-order valence-electron chi connectivity index (χ4n) is 3.80. The number of nitrogens with one attached hydrogen (secondary N) is 1. The molecule has 1 aliphatic heterocycles. The van der Waals surface area contributed by atoms with Gasteiger partial charge in [-0.3, -0.25) is 4.79 Å². The van der Waals surface area contributed by atoms with Gasteiger partial charge in [0.25, 0.3) is 0 Å². The number of aromatic hydroxyl groups is 1. The molecule has 0 saturated carbocycles. The summed E-state index contributed by atoms with van der Waals surface area (Å²) in [5.41, 5.74) is 2.21. The van der Waals surface area contributed by atoms with Crippen molar-refractivity contribution in [2.45, 2.75) is 12.3 Å². The van der Waals surface area contributed by atoms with Gasteiger partial charge < -0.3 is 29.6 Å². The highest BCUT2D eigenvalue weighted by Crippen LogP contribution is 2.43. The lowest BCUT2D eigenvalue weighted by atomic mass is 9.88. The first kappa shape index (κ1) is 19.4. The van der Waals surface area contributed by atoms with E-state index in [-0.39, 0.29) is 29.3 Å². The zero-order valence-electron chi connectivity index (χ0n) is 16.4. The van der Waals surface area contributed by atoms with Crippen molar-refractivity contribution in [3.8, 4) is 22.9 Å². The fraction of sp³-hybridized carbons (Fsp3) is 0.182. The number of hydrogen-bond acceptors (Lipinski definition) is 5. The molecule has 2 aromatic carbocycles. The summed E-state index contributed by atoms with van der Waals surface area (Å²) in [7, 11) is 3.07. The smallest absolute Gasteiger partial charge is 0.339 e. The number of fused-ring (bicyclic) bond motifs is 1. The Bertz CT molecular complexity index is 1130. The number of nitrogens with zero attached hydrogens (tertiary/aromatic N) is 1. The molecule has 0 saturated heterocycles. The number of phenolic OH excluding ortho intramolecular Hbond substituents is 1. The van der Waals surface area contributed by atoms with Crippen LogP contribution in [-0.4, -0.2) is 40.9 Å². The fourth-order valence-corrected chi connectivity index (χ4v) is 3.80. The molecule has 1 unspecified atom stereocenters. The van der Waals surface area contributed by atoms with E-state index in [1.54, 1.807) is 54.1 Å². The molecule has 8 nitrogen and oxygen atoms in total. The van der Waals surface area contributed by atoms with Gasteiger partial charge in [-0.2, -0.15) is 0 Å². The molecule has 154 valence electrons. The first-order valence-corrected chi connectivity index (χ1v) is 9.22. The van der Waals surface area contributed by atoms with Crippen LogP contribution in [0.3, 0.4) is 0 Å². The Hall–Kier alpha value is -3.94. The van der Waals surface area contributed by atoms with E-state index >= 15 is 0 Å². The van der Waals surface area contributed by atoms with Gasteiger partial charge in [0.15, 0.2) is 0 Å². The number of carboxylic acids is 1. The maximum absolute atomic E-state index is 12.4. The molecule has 0 bridgehead atoms. The van der Waals surface area contributed by atoms with E-state index in [0.717, 1.165) is 5.56 Å². The lowest BCUT2D eigenvalue weighted by Gasteiger charge is -2.26. The maximum atomic E-state index is 12.4. The predicted octanol–water partition coefficient (Wildman–Crippen LogP) is 3.37. The third kappa shape index (κ3) is 3.22. The summed E-state index contributed by atoms with van der Waals surface area (Å²) in [6, 6.07) is 11.8. The second-order valence-corrected chi connectivity index (χ2v) is 6.91. The summed E-state index contributed by atoms with van der Waals surface area (Å²) < 4.78 is 12.5. The highest BCUT2D eigenvalue weighted by atomic mass is 16.5. The molecule has 1 amide bonds. The molecule has 3 N–H and O–H groups in total. The van der Waals surface area contributed by atoms with Gasteiger partial charge in [-0.15, -0.1) is 0 Å². The van der Waals surface area contributed by atoms with Crippen LogP contribution in [-0.2, 0) is 4.79 Å². The minimum Gasteiger partial charge on any atom is -0.508 e. The van der Waals surface area contributed by atoms with E-state index in [4.69, 9.17) is 9.47 Å². The van der Waals surface area contributed by atoms with Crippen LogP contribution in [0.15, 0.2) is 48.7 Å². The van der Waals surface area contributed by atoms with Crippen LogP contribution >= 0.6 is 0 Å². The summed E-state index contributed by atoms with van der Waals surface area (Å²) in [5, 5.41) is 22.1. The summed E-state index contributed by atoms with van der Waals surface area (Å²) in [6.45, 7) is 0. The summed E-state index contributed by atoms with van der Waals surface area (Å²) in [6.07, 6.45) is 1.61. The normalized spacial score (nSPS) is 15.3. The number of carbonyl (C=O) groups excluding carboxylic acids is 1. The van der Waals surface area contributed by atoms with Crippen molar-refractivity contribution >= 4 is 17.6 Å². The van der Waals surface area contributed by atoms with Crippen LogP contribution in [0.2, 0.25) is 0 Å². The topological polar surface area (TPSA) is 110 Å². The van der Waals surface area contributed by atoms with Gasteiger partial charge in [0.2, 0.25) is 5.91 Å².